The van der Waals surface area contributed by atoms with Crippen molar-refractivity contribution in [2.24, 2.45) is 0 Å². The van der Waals surface area contributed by atoms with E-state index in [1.54, 1.807) is 42.5 Å². The fourth-order valence-electron chi connectivity index (χ4n) is 2.53. The van der Waals surface area contributed by atoms with Gasteiger partial charge in [-0.1, -0.05) is 18.2 Å². The van der Waals surface area contributed by atoms with Gasteiger partial charge in [-0.25, -0.2) is 4.79 Å². The van der Waals surface area contributed by atoms with Crippen molar-refractivity contribution in [2.75, 3.05) is 39.5 Å². The van der Waals surface area contributed by atoms with Crippen molar-refractivity contribution < 1.29 is 14.4 Å². The van der Waals surface area contributed by atoms with Crippen LogP contribution in [0.5, 0.6) is 0 Å². The predicted molar refractivity (Wildman–Crippen MR) is 113 cm³/mol. The lowest BCUT2D eigenvalue weighted by Gasteiger charge is -2.11. The SMILES string of the molecule is CNC(=O)Nc1cccc(C(=O)NCc2cccc(C(=O)NCCN(C)C)c2)c1. The molecule has 2 aromatic rings. The van der Waals surface area contributed by atoms with Gasteiger partial charge in [0.15, 0.2) is 0 Å². The van der Waals surface area contributed by atoms with Crippen LogP contribution in [0.25, 0.3) is 0 Å². The van der Waals surface area contributed by atoms with Crippen molar-refractivity contribution >= 4 is 23.5 Å². The number of urea groups is 1. The van der Waals surface area contributed by atoms with E-state index in [0.29, 0.717) is 23.4 Å². The number of anilines is 1. The van der Waals surface area contributed by atoms with Gasteiger partial charge in [-0.05, 0) is 50.0 Å². The van der Waals surface area contributed by atoms with E-state index >= 15 is 0 Å². The number of rotatable bonds is 8. The highest BCUT2D eigenvalue weighted by Crippen LogP contribution is 2.11. The van der Waals surface area contributed by atoms with Crippen molar-refractivity contribution in [2.45, 2.75) is 6.54 Å². The van der Waals surface area contributed by atoms with Crippen LogP contribution in [-0.2, 0) is 6.54 Å². The minimum atomic E-state index is -0.358. The standard InChI is InChI=1S/C21H27N5O3/c1-22-21(29)25-18-9-5-8-17(13-18)20(28)24-14-15-6-4-7-16(12-15)19(27)23-10-11-26(2)3/h4-9,12-13H,10-11,14H2,1-3H3,(H,23,27)(H,24,28)(H2,22,25,29). The highest BCUT2D eigenvalue weighted by molar-refractivity contribution is 5.97. The highest BCUT2D eigenvalue weighted by atomic mass is 16.2. The molecule has 0 aliphatic heterocycles. The van der Waals surface area contributed by atoms with Crippen LogP contribution < -0.4 is 21.3 Å². The van der Waals surface area contributed by atoms with E-state index in [1.807, 2.05) is 25.1 Å². The molecule has 0 aliphatic carbocycles. The zero-order valence-electron chi connectivity index (χ0n) is 16.9. The molecule has 0 aliphatic rings. The van der Waals surface area contributed by atoms with Gasteiger partial charge in [0.2, 0.25) is 0 Å². The number of amides is 4. The maximum absolute atomic E-state index is 12.4. The number of nitrogens with zero attached hydrogens (tertiary/aromatic N) is 1. The van der Waals surface area contributed by atoms with Crippen LogP contribution in [0.1, 0.15) is 26.3 Å². The third kappa shape index (κ3) is 7.27. The van der Waals surface area contributed by atoms with Gasteiger partial charge in [0, 0.05) is 43.5 Å². The predicted octanol–water partition coefficient (Wildman–Crippen LogP) is 1.66. The Morgan fingerprint density at radius 1 is 0.897 bits per heavy atom. The van der Waals surface area contributed by atoms with E-state index in [2.05, 4.69) is 21.3 Å². The first-order valence-electron chi connectivity index (χ1n) is 9.28. The van der Waals surface area contributed by atoms with Gasteiger partial charge < -0.3 is 26.2 Å². The summed E-state index contributed by atoms with van der Waals surface area (Å²) < 4.78 is 0. The third-order valence-electron chi connectivity index (χ3n) is 4.10. The summed E-state index contributed by atoms with van der Waals surface area (Å²) in [6.07, 6.45) is 0. The zero-order valence-corrected chi connectivity index (χ0v) is 16.9. The van der Waals surface area contributed by atoms with Gasteiger partial charge in [-0.15, -0.1) is 0 Å². The molecule has 0 heterocycles. The molecule has 0 aromatic heterocycles. The number of nitrogens with one attached hydrogen (secondary N) is 4. The van der Waals surface area contributed by atoms with E-state index < -0.39 is 0 Å². The Kier molecular flexibility index (Phi) is 8.17. The van der Waals surface area contributed by atoms with Gasteiger partial charge in [0.05, 0.1) is 0 Å². The average molecular weight is 397 g/mol. The van der Waals surface area contributed by atoms with E-state index in [9.17, 15) is 14.4 Å². The molecule has 0 bridgehead atoms. The Balaban J connectivity index is 1.94. The normalized spacial score (nSPS) is 10.3. The Bertz CT molecular complexity index is 867. The fraction of sp³-hybridized carbons (Fsp3) is 0.286. The van der Waals surface area contributed by atoms with Crippen LogP contribution in [-0.4, -0.2) is 57.0 Å². The minimum absolute atomic E-state index is 0.145. The first-order valence-corrected chi connectivity index (χ1v) is 9.28. The van der Waals surface area contributed by atoms with Gasteiger partial charge >= 0.3 is 6.03 Å². The summed E-state index contributed by atoms with van der Waals surface area (Å²) in [5.74, 6) is -0.417. The van der Waals surface area contributed by atoms with Crippen LogP contribution in [0.4, 0.5) is 10.5 Å². The Labute approximate surface area is 170 Å². The van der Waals surface area contributed by atoms with E-state index in [-0.39, 0.29) is 24.4 Å². The first kappa shape index (κ1) is 21.9. The molecule has 4 amide bonds. The molecule has 0 atom stereocenters. The van der Waals surface area contributed by atoms with Crippen molar-refractivity contribution in [3.05, 3.63) is 65.2 Å². The lowest BCUT2D eigenvalue weighted by Crippen LogP contribution is -2.31. The summed E-state index contributed by atoms with van der Waals surface area (Å²) in [6, 6.07) is 13.4. The lowest BCUT2D eigenvalue weighted by molar-refractivity contribution is 0.0945. The second-order valence-electron chi connectivity index (χ2n) is 6.73. The summed E-state index contributed by atoms with van der Waals surface area (Å²) in [5.41, 5.74) is 2.32. The molecule has 8 heteroatoms. The molecule has 0 fully saturated rings. The van der Waals surface area contributed by atoms with Crippen molar-refractivity contribution in [1.82, 2.24) is 20.9 Å². The van der Waals surface area contributed by atoms with Crippen LogP contribution >= 0.6 is 0 Å². The first-order chi connectivity index (χ1) is 13.9. The molecule has 4 N–H and O–H groups in total. The average Bonchev–Trinajstić information content (AvgIpc) is 2.72. The molecule has 8 nitrogen and oxygen atoms in total. The maximum Gasteiger partial charge on any atom is 0.318 e. The van der Waals surface area contributed by atoms with Crippen LogP contribution in [0.15, 0.2) is 48.5 Å². The van der Waals surface area contributed by atoms with Crippen LogP contribution in [0.3, 0.4) is 0 Å². The lowest BCUT2D eigenvalue weighted by atomic mass is 10.1. The van der Waals surface area contributed by atoms with Crippen LogP contribution in [0, 0.1) is 0 Å². The van der Waals surface area contributed by atoms with E-state index in [0.717, 1.165) is 12.1 Å². The molecule has 2 aromatic carbocycles. The topological polar surface area (TPSA) is 103 Å². The smallest absolute Gasteiger partial charge is 0.318 e. The fourth-order valence-corrected chi connectivity index (χ4v) is 2.53. The molecule has 29 heavy (non-hydrogen) atoms. The van der Waals surface area contributed by atoms with Gasteiger partial charge in [0.25, 0.3) is 11.8 Å². The number of carbonyl (C=O) groups excluding carboxylic acids is 3. The number of carbonyl (C=O) groups is 3. The van der Waals surface area contributed by atoms with Crippen molar-refractivity contribution in [3.8, 4) is 0 Å². The summed E-state index contributed by atoms with van der Waals surface area (Å²) in [6.45, 7) is 1.60. The molecule has 154 valence electrons. The van der Waals surface area contributed by atoms with E-state index in [4.69, 9.17) is 0 Å². The summed E-state index contributed by atoms with van der Waals surface area (Å²) in [4.78, 5) is 38.1. The molecule has 0 radical (unpaired) electrons. The largest absolute Gasteiger partial charge is 0.351 e. The second-order valence-corrected chi connectivity index (χ2v) is 6.73. The molecular weight excluding hydrogens is 370 g/mol. The van der Waals surface area contributed by atoms with Gasteiger partial charge in [-0.3, -0.25) is 9.59 Å². The summed E-state index contributed by atoms with van der Waals surface area (Å²) in [5, 5.41) is 10.8. The van der Waals surface area contributed by atoms with Crippen LogP contribution in [0.2, 0.25) is 0 Å². The Morgan fingerprint density at radius 2 is 1.55 bits per heavy atom. The monoisotopic (exact) mass is 397 g/mol. The molecule has 0 spiro atoms. The number of benzene rings is 2. The van der Waals surface area contributed by atoms with Crippen molar-refractivity contribution in [3.63, 3.8) is 0 Å². The maximum atomic E-state index is 12.4. The number of likely N-dealkylation sites (N-methyl/N-ethyl adjacent to an activating group) is 1. The summed E-state index contributed by atoms with van der Waals surface area (Å²) >= 11 is 0. The van der Waals surface area contributed by atoms with Gasteiger partial charge in [0.1, 0.15) is 0 Å². The second kappa shape index (κ2) is 10.8. The quantitative estimate of drug-likeness (QED) is 0.544. The Morgan fingerprint density at radius 3 is 2.24 bits per heavy atom. The molecule has 0 saturated carbocycles. The van der Waals surface area contributed by atoms with E-state index in [1.165, 1.54) is 7.05 Å². The molecule has 0 saturated heterocycles. The molecular formula is C21H27N5O3. The minimum Gasteiger partial charge on any atom is -0.351 e. The molecule has 0 unspecified atom stereocenters. The number of hydrogen-bond acceptors (Lipinski definition) is 4. The third-order valence-corrected chi connectivity index (χ3v) is 4.10. The number of hydrogen-bond donors (Lipinski definition) is 4. The van der Waals surface area contributed by atoms with Crippen molar-refractivity contribution in [1.29, 1.82) is 0 Å². The van der Waals surface area contributed by atoms with Gasteiger partial charge in [-0.2, -0.15) is 0 Å². The highest BCUT2D eigenvalue weighted by Gasteiger charge is 2.09. The zero-order chi connectivity index (χ0) is 21.2. The summed E-state index contributed by atoms with van der Waals surface area (Å²) in [7, 11) is 5.40. The molecule has 2 rings (SSSR count). The Hall–Kier alpha value is -3.39.